The SMILES string of the molecule is [CH2]c1nc2cc(S(C)(=O)=O)ccc2[nH]1. The van der Waals surface area contributed by atoms with E-state index in [0.29, 0.717) is 11.3 Å². The van der Waals surface area contributed by atoms with Crippen molar-refractivity contribution in [1.29, 1.82) is 0 Å². The molecule has 4 nitrogen and oxygen atoms in total. The topological polar surface area (TPSA) is 62.8 Å². The lowest BCUT2D eigenvalue weighted by atomic mass is 10.3. The van der Waals surface area contributed by atoms with Crippen LogP contribution in [-0.4, -0.2) is 24.6 Å². The van der Waals surface area contributed by atoms with Gasteiger partial charge < -0.3 is 4.98 Å². The van der Waals surface area contributed by atoms with E-state index < -0.39 is 9.84 Å². The summed E-state index contributed by atoms with van der Waals surface area (Å²) in [6.07, 6.45) is 1.17. The molecule has 0 spiro atoms. The maximum absolute atomic E-state index is 11.2. The van der Waals surface area contributed by atoms with Gasteiger partial charge in [-0.3, -0.25) is 0 Å². The molecule has 0 aliphatic carbocycles. The molecule has 0 fully saturated rings. The van der Waals surface area contributed by atoms with Crippen molar-refractivity contribution < 1.29 is 8.42 Å². The Morgan fingerprint density at radius 1 is 1.43 bits per heavy atom. The lowest BCUT2D eigenvalue weighted by Crippen LogP contribution is -1.96. The summed E-state index contributed by atoms with van der Waals surface area (Å²) < 4.78 is 22.5. The molecule has 1 aromatic carbocycles. The van der Waals surface area contributed by atoms with E-state index in [-0.39, 0.29) is 4.90 Å². The van der Waals surface area contributed by atoms with Crippen molar-refractivity contribution >= 4 is 20.9 Å². The Morgan fingerprint density at radius 3 is 2.79 bits per heavy atom. The molecule has 1 aromatic heterocycles. The zero-order chi connectivity index (χ0) is 10.3. The quantitative estimate of drug-likeness (QED) is 0.766. The highest BCUT2D eigenvalue weighted by atomic mass is 32.2. The standard InChI is InChI=1S/C9H9N2O2S/c1-6-10-8-4-3-7(14(2,12)13)5-9(8)11-6/h3-5H,1H2,2H3,(H,10,11). The summed E-state index contributed by atoms with van der Waals surface area (Å²) in [4.78, 5) is 7.25. The van der Waals surface area contributed by atoms with Crippen molar-refractivity contribution in [3.8, 4) is 0 Å². The fraction of sp³-hybridized carbons (Fsp3) is 0.111. The molecule has 1 radical (unpaired) electrons. The van der Waals surface area contributed by atoms with Gasteiger partial charge >= 0.3 is 0 Å². The van der Waals surface area contributed by atoms with Gasteiger partial charge in [-0.25, -0.2) is 13.4 Å². The van der Waals surface area contributed by atoms with Crippen molar-refractivity contribution in [3.63, 3.8) is 0 Å². The molecule has 0 saturated carbocycles. The lowest BCUT2D eigenvalue weighted by Gasteiger charge is -1.96. The Hall–Kier alpha value is -1.36. The van der Waals surface area contributed by atoms with E-state index in [0.717, 1.165) is 5.52 Å². The Bertz CT molecular complexity index is 584. The van der Waals surface area contributed by atoms with Crippen molar-refractivity contribution in [3.05, 3.63) is 30.9 Å². The summed E-state index contributed by atoms with van der Waals surface area (Å²) in [5.74, 6) is 0.533. The van der Waals surface area contributed by atoms with Gasteiger partial charge in [-0.1, -0.05) is 0 Å². The number of rotatable bonds is 1. The Balaban J connectivity index is 2.74. The molecule has 0 amide bonds. The van der Waals surface area contributed by atoms with Crippen LogP contribution in [-0.2, 0) is 9.84 Å². The lowest BCUT2D eigenvalue weighted by molar-refractivity contribution is 0.602. The second-order valence-electron chi connectivity index (χ2n) is 3.13. The van der Waals surface area contributed by atoms with Gasteiger partial charge in [0, 0.05) is 13.2 Å². The highest BCUT2D eigenvalue weighted by Crippen LogP contribution is 2.16. The molecule has 2 aromatic rings. The molecular formula is C9H9N2O2S. The number of aromatic nitrogens is 2. The van der Waals surface area contributed by atoms with Crippen molar-refractivity contribution in [2.75, 3.05) is 6.26 Å². The van der Waals surface area contributed by atoms with Crippen molar-refractivity contribution in [2.24, 2.45) is 0 Å². The fourth-order valence-corrected chi connectivity index (χ4v) is 1.91. The highest BCUT2D eigenvalue weighted by molar-refractivity contribution is 7.90. The number of hydrogen-bond acceptors (Lipinski definition) is 3. The van der Waals surface area contributed by atoms with Crippen LogP contribution in [0.3, 0.4) is 0 Å². The molecule has 0 atom stereocenters. The molecule has 0 unspecified atom stereocenters. The average Bonchev–Trinajstić information content (AvgIpc) is 2.41. The third kappa shape index (κ3) is 1.50. The Labute approximate surface area is 81.9 Å². The Kier molecular flexibility index (Phi) is 1.85. The molecule has 0 bridgehead atoms. The first kappa shape index (κ1) is 9.21. The van der Waals surface area contributed by atoms with Crippen LogP contribution in [0.25, 0.3) is 11.0 Å². The van der Waals surface area contributed by atoms with Gasteiger partial charge in [0.1, 0.15) is 5.82 Å². The van der Waals surface area contributed by atoms with Gasteiger partial charge in [-0.05, 0) is 18.2 Å². The van der Waals surface area contributed by atoms with Gasteiger partial charge in [-0.15, -0.1) is 0 Å². The molecule has 73 valence electrons. The molecule has 0 saturated heterocycles. The van der Waals surface area contributed by atoms with E-state index in [1.54, 1.807) is 12.1 Å². The van der Waals surface area contributed by atoms with E-state index in [2.05, 4.69) is 16.9 Å². The number of aromatic amines is 1. The van der Waals surface area contributed by atoms with Crippen LogP contribution < -0.4 is 0 Å². The predicted molar refractivity (Wildman–Crippen MR) is 53.7 cm³/mol. The molecule has 14 heavy (non-hydrogen) atoms. The zero-order valence-electron chi connectivity index (χ0n) is 7.61. The van der Waals surface area contributed by atoms with Gasteiger partial charge in [0.25, 0.3) is 0 Å². The summed E-state index contributed by atoms with van der Waals surface area (Å²) in [6.45, 7) is 3.63. The molecular weight excluding hydrogens is 200 g/mol. The van der Waals surface area contributed by atoms with Gasteiger partial charge in [-0.2, -0.15) is 0 Å². The molecule has 0 aliphatic heterocycles. The van der Waals surface area contributed by atoms with Gasteiger partial charge in [0.2, 0.25) is 0 Å². The summed E-state index contributed by atoms with van der Waals surface area (Å²) in [7, 11) is -3.16. The van der Waals surface area contributed by atoms with Crippen LogP contribution in [0, 0.1) is 6.92 Å². The summed E-state index contributed by atoms with van der Waals surface area (Å²) in [5, 5.41) is 0. The average molecular weight is 209 g/mol. The largest absolute Gasteiger partial charge is 0.342 e. The Morgan fingerprint density at radius 2 is 2.14 bits per heavy atom. The van der Waals surface area contributed by atoms with Crippen LogP contribution in [0.4, 0.5) is 0 Å². The zero-order valence-corrected chi connectivity index (χ0v) is 8.43. The van der Waals surface area contributed by atoms with Crippen LogP contribution in [0.15, 0.2) is 23.1 Å². The number of fused-ring (bicyclic) bond motifs is 1. The molecule has 0 aliphatic rings. The highest BCUT2D eigenvalue weighted by Gasteiger charge is 2.08. The predicted octanol–water partition coefficient (Wildman–Crippen LogP) is 1.15. The normalized spacial score (nSPS) is 12.1. The van der Waals surface area contributed by atoms with E-state index in [1.807, 2.05) is 0 Å². The van der Waals surface area contributed by atoms with Crippen LogP contribution in [0.1, 0.15) is 5.82 Å². The minimum absolute atomic E-state index is 0.275. The summed E-state index contributed by atoms with van der Waals surface area (Å²) in [6, 6.07) is 4.78. The number of hydrogen-bond donors (Lipinski definition) is 1. The fourth-order valence-electron chi connectivity index (χ4n) is 1.27. The van der Waals surface area contributed by atoms with E-state index in [1.165, 1.54) is 12.3 Å². The minimum atomic E-state index is -3.16. The molecule has 2 rings (SSSR count). The maximum atomic E-state index is 11.2. The van der Waals surface area contributed by atoms with E-state index in [9.17, 15) is 8.42 Å². The molecule has 5 heteroatoms. The van der Waals surface area contributed by atoms with Gasteiger partial charge in [0.15, 0.2) is 9.84 Å². The number of benzene rings is 1. The molecule has 1 heterocycles. The first-order chi connectivity index (χ1) is 6.47. The second-order valence-corrected chi connectivity index (χ2v) is 5.15. The third-order valence-electron chi connectivity index (χ3n) is 1.93. The first-order valence-electron chi connectivity index (χ1n) is 3.98. The second kappa shape index (κ2) is 2.81. The van der Waals surface area contributed by atoms with Crippen LogP contribution in [0.2, 0.25) is 0 Å². The smallest absolute Gasteiger partial charge is 0.175 e. The monoisotopic (exact) mass is 209 g/mol. The summed E-state index contributed by atoms with van der Waals surface area (Å²) >= 11 is 0. The third-order valence-corrected chi connectivity index (χ3v) is 3.04. The van der Waals surface area contributed by atoms with E-state index in [4.69, 9.17) is 0 Å². The van der Waals surface area contributed by atoms with Crippen molar-refractivity contribution in [2.45, 2.75) is 4.90 Å². The van der Waals surface area contributed by atoms with E-state index >= 15 is 0 Å². The first-order valence-corrected chi connectivity index (χ1v) is 5.88. The number of imidazole rings is 1. The number of H-pyrrole nitrogens is 1. The minimum Gasteiger partial charge on any atom is -0.342 e. The van der Waals surface area contributed by atoms with Crippen LogP contribution >= 0.6 is 0 Å². The number of sulfone groups is 1. The van der Waals surface area contributed by atoms with Crippen LogP contribution in [0.5, 0.6) is 0 Å². The number of nitrogens with zero attached hydrogens (tertiary/aromatic N) is 1. The van der Waals surface area contributed by atoms with Gasteiger partial charge in [0.05, 0.1) is 15.9 Å². The van der Waals surface area contributed by atoms with Crippen molar-refractivity contribution in [1.82, 2.24) is 9.97 Å². The maximum Gasteiger partial charge on any atom is 0.175 e. The summed E-state index contributed by atoms with van der Waals surface area (Å²) in [5.41, 5.74) is 1.42. The molecule has 1 N–H and O–H groups in total. The number of nitrogens with one attached hydrogen (secondary N) is 1.